The Morgan fingerprint density at radius 1 is 1.40 bits per heavy atom. The van der Waals surface area contributed by atoms with Crippen molar-refractivity contribution in [1.29, 1.82) is 0 Å². The first-order valence-corrected chi connectivity index (χ1v) is 5.17. The third-order valence-electron chi connectivity index (χ3n) is 2.19. The Morgan fingerprint density at radius 3 is 2.67 bits per heavy atom. The highest BCUT2D eigenvalue weighted by Crippen LogP contribution is 2.04. The number of carbonyl (C=O) groups excluding carboxylic acids is 1. The number of carbonyl (C=O) groups is 1. The van der Waals surface area contributed by atoms with Gasteiger partial charge in [-0.1, -0.05) is 36.4 Å². The first kappa shape index (κ1) is 11.7. The second-order valence-electron chi connectivity index (χ2n) is 3.66. The summed E-state index contributed by atoms with van der Waals surface area (Å²) in [7, 11) is 0. The van der Waals surface area contributed by atoms with Gasteiger partial charge in [0.25, 0.3) is 0 Å². The van der Waals surface area contributed by atoms with Gasteiger partial charge < -0.3 is 5.73 Å². The van der Waals surface area contributed by atoms with E-state index in [2.05, 4.69) is 12.1 Å². The summed E-state index contributed by atoms with van der Waals surface area (Å²) >= 11 is 0. The molecule has 0 aliphatic carbocycles. The van der Waals surface area contributed by atoms with Gasteiger partial charge in [0.05, 0.1) is 0 Å². The Morgan fingerprint density at radius 2 is 2.07 bits per heavy atom. The maximum absolute atomic E-state index is 10.7. The van der Waals surface area contributed by atoms with Crippen molar-refractivity contribution in [3.63, 3.8) is 0 Å². The Kier molecular flexibility index (Phi) is 4.78. The summed E-state index contributed by atoms with van der Waals surface area (Å²) in [5, 5.41) is 0. The smallest absolute Gasteiger partial charge is 0.152 e. The fourth-order valence-corrected chi connectivity index (χ4v) is 1.33. The summed E-state index contributed by atoms with van der Waals surface area (Å²) in [5.74, 6) is 0.0464. The van der Waals surface area contributed by atoms with Gasteiger partial charge in [-0.3, -0.25) is 4.79 Å². The summed E-state index contributed by atoms with van der Waals surface area (Å²) in [5.41, 5.74) is 7.11. The molecule has 0 aliphatic heterocycles. The van der Waals surface area contributed by atoms with Gasteiger partial charge in [-0.05, 0) is 31.4 Å². The van der Waals surface area contributed by atoms with Crippen molar-refractivity contribution in [2.24, 2.45) is 5.73 Å². The molecule has 0 amide bonds. The van der Waals surface area contributed by atoms with E-state index in [0.29, 0.717) is 0 Å². The van der Waals surface area contributed by atoms with Crippen LogP contribution in [0.1, 0.15) is 18.9 Å². The Labute approximate surface area is 90.8 Å². The molecule has 1 unspecified atom stereocenters. The lowest BCUT2D eigenvalue weighted by molar-refractivity contribution is -0.112. The molecule has 2 N–H and O–H groups in total. The fraction of sp³-hybridized carbons (Fsp3) is 0.308. The van der Waals surface area contributed by atoms with Crippen molar-refractivity contribution in [2.45, 2.75) is 25.8 Å². The van der Waals surface area contributed by atoms with Crippen LogP contribution in [0.2, 0.25) is 0 Å². The Hall–Kier alpha value is -1.41. The van der Waals surface area contributed by atoms with Gasteiger partial charge in [0.15, 0.2) is 5.78 Å². The summed E-state index contributed by atoms with van der Waals surface area (Å²) in [6.45, 7) is 1.53. The summed E-state index contributed by atoms with van der Waals surface area (Å²) in [6, 6.07) is 10.2. The molecule has 1 aromatic rings. The first-order chi connectivity index (χ1) is 7.18. The number of nitrogens with two attached hydrogens (primary N) is 1. The molecule has 0 radical (unpaired) electrons. The molecule has 1 rings (SSSR count). The Bertz CT molecular complexity index is 330. The van der Waals surface area contributed by atoms with Crippen LogP contribution in [0.25, 0.3) is 0 Å². The summed E-state index contributed by atoms with van der Waals surface area (Å²) < 4.78 is 0. The van der Waals surface area contributed by atoms with Crippen LogP contribution in [0, 0.1) is 0 Å². The lowest BCUT2D eigenvalue weighted by atomic mass is 10.1. The van der Waals surface area contributed by atoms with Gasteiger partial charge in [-0.15, -0.1) is 0 Å². The van der Waals surface area contributed by atoms with Gasteiger partial charge in [0, 0.05) is 6.04 Å². The number of ketones is 1. The highest BCUT2D eigenvalue weighted by molar-refractivity contribution is 5.87. The maximum Gasteiger partial charge on any atom is 0.152 e. The third kappa shape index (κ3) is 5.13. The molecule has 0 heterocycles. The van der Waals surface area contributed by atoms with Crippen LogP contribution in [-0.4, -0.2) is 11.8 Å². The minimum Gasteiger partial charge on any atom is -0.324 e. The molecule has 0 aromatic heterocycles. The van der Waals surface area contributed by atoms with E-state index >= 15 is 0 Å². The number of aryl methyl sites for hydroxylation is 1. The zero-order valence-electron chi connectivity index (χ0n) is 9.02. The van der Waals surface area contributed by atoms with Gasteiger partial charge in [0.2, 0.25) is 0 Å². The molecule has 1 aromatic carbocycles. The Balaban J connectivity index is 2.34. The van der Waals surface area contributed by atoms with Crippen LogP contribution in [0.3, 0.4) is 0 Å². The average Bonchev–Trinajstić information content (AvgIpc) is 2.25. The molecule has 0 fully saturated rings. The van der Waals surface area contributed by atoms with Crippen molar-refractivity contribution in [3.8, 4) is 0 Å². The van der Waals surface area contributed by atoms with Gasteiger partial charge in [0.1, 0.15) is 0 Å². The zero-order chi connectivity index (χ0) is 11.1. The minimum atomic E-state index is -0.0332. The molecule has 2 nitrogen and oxygen atoms in total. The number of allylic oxidation sites excluding steroid dienone is 1. The molecule has 0 spiro atoms. The van der Waals surface area contributed by atoms with E-state index in [4.69, 9.17) is 5.73 Å². The molecular weight excluding hydrogens is 186 g/mol. The van der Waals surface area contributed by atoms with Gasteiger partial charge >= 0.3 is 0 Å². The molecule has 15 heavy (non-hydrogen) atoms. The van der Waals surface area contributed by atoms with Crippen LogP contribution >= 0.6 is 0 Å². The number of benzene rings is 1. The van der Waals surface area contributed by atoms with Crippen molar-refractivity contribution in [1.82, 2.24) is 0 Å². The zero-order valence-corrected chi connectivity index (χ0v) is 9.02. The second kappa shape index (κ2) is 6.14. The van der Waals surface area contributed by atoms with Crippen LogP contribution < -0.4 is 5.73 Å². The van der Waals surface area contributed by atoms with Crippen molar-refractivity contribution in [2.75, 3.05) is 0 Å². The van der Waals surface area contributed by atoms with Gasteiger partial charge in [-0.2, -0.15) is 0 Å². The van der Waals surface area contributed by atoms with E-state index in [1.54, 1.807) is 6.08 Å². The lowest BCUT2D eigenvalue weighted by Crippen LogP contribution is -2.17. The molecule has 0 saturated heterocycles. The van der Waals surface area contributed by atoms with Crippen LogP contribution in [-0.2, 0) is 11.2 Å². The molecule has 1 atom stereocenters. The van der Waals surface area contributed by atoms with Gasteiger partial charge in [-0.25, -0.2) is 0 Å². The lowest BCUT2D eigenvalue weighted by Gasteiger charge is -2.05. The topological polar surface area (TPSA) is 43.1 Å². The van der Waals surface area contributed by atoms with E-state index in [-0.39, 0.29) is 11.8 Å². The highest BCUT2D eigenvalue weighted by Gasteiger charge is 1.98. The predicted octanol–water partition coefficient (Wildman–Crippen LogP) is 2.09. The molecule has 0 bridgehead atoms. The third-order valence-corrected chi connectivity index (χ3v) is 2.19. The van der Waals surface area contributed by atoms with Crippen LogP contribution in [0.4, 0.5) is 0 Å². The van der Waals surface area contributed by atoms with E-state index in [0.717, 1.165) is 12.8 Å². The number of hydrogen-bond donors (Lipinski definition) is 1. The molecule has 0 aliphatic rings. The molecular formula is C13H17NO. The molecule has 80 valence electrons. The summed E-state index contributed by atoms with van der Waals surface area (Å²) in [6.07, 6.45) is 5.12. The SMILES string of the molecule is CC(=O)/C=C/C(N)CCc1ccccc1. The highest BCUT2D eigenvalue weighted by atomic mass is 16.1. The van der Waals surface area contributed by atoms with Crippen LogP contribution in [0.5, 0.6) is 0 Å². The largest absolute Gasteiger partial charge is 0.324 e. The first-order valence-electron chi connectivity index (χ1n) is 5.17. The van der Waals surface area contributed by atoms with E-state index < -0.39 is 0 Å². The van der Waals surface area contributed by atoms with E-state index in [9.17, 15) is 4.79 Å². The number of hydrogen-bond acceptors (Lipinski definition) is 2. The quantitative estimate of drug-likeness (QED) is 0.745. The van der Waals surface area contributed by atoms with Crippen molar-refractivity contribution < 1.29 is 4.79 Å². The van der Waals surface area contributed by atoms with Crippen molar-refractivity contribution >= 4 is 5.78 Å². The number of rotatable bonds is 5. The average molecular weight is 203 g/mol. The van der Waals surface area contributed by atoms with Crippen molar-refractivity contribution in [3.05, 3.63) is 48.0 Å². The second-order valence-corrected chi connectivity index (χ2v) is 3.66. The monoisotopic (exact) mass is 203 g/mol. The minimum absolute atomic E-state index is 0.0332. The normalized spacial score (nSPS) is 12.9. The molecule has 0 saturated carbocycles. The summed E-state index contributed by atoms with van der Waals surface area (Å²) in [4.78, 5) is 10.7. The van der Waals surface area contributed by atoms with Crippen LogP contribution in [0.15, 0.2) is 42.5 Å². The predicted molar refractivity (Wildman–Crippen MR) is 62.6 cm³/mol. The maximum atomic E-state index is 10.7. The van der Waals surface area contributed by atoms with E-state index in [1.165, 1.54) is 18.6 Å². The standard InChI is InChI=1S/C13H17NO/c1-11(15)7-9-13(14)10-8-12-5-3-2-4-6-12/h2-7,9,13H,8,10,14H2,1H3/b9-7+. The molecule has 2 heteroatoms. The van der Waals surface area contributed by atoms with E-state index in [1.807, 2.05) is 18.2 Å². The fourth-order valence-electron chi connectivity index (χ4n) is 1.33.